The molecule has 1 aromatic rings. The minimum atomic E-state index is -0.807. The molecule has 0 saturated heterocycles. The number of hydrogen-bond acceptors (Lipinski definition) is 5. The predicted molar refractivity (Wildman–Crippen MR) is 91.1 cm³/mol. The summed E-state index contributed by atoms with van der Waals surface area (Å²) in [4.78, 5) is 38.1. The van der Waals surface area contributed by atoms with E-state index in [1.54, 1.807) is 27.0 Å². The number of nitrogens with zero attached hydrogens (tertiary/aromatic N) is 3. The van der Waals surface area contributed by atoms with Crippen LogP contribution in [0.1, 0.15) is 25.5 Å². The van der Waals surface area contributed by atoms with E-state index in [2.05, 4.69) is 0 Å². The second kappa shape index (κ2) is 7.10. The molecule has 1 atom stereocenters. The molecule has 0 radical (unpaired) electrons. The van der Waals surface area contributed by atoms with Crippen molar-refractivity contribution in [2.75, 3.05) is 20.7 Å². The lowest BCUT2D eigenvalue weighted by atomic mass is 9.93. The van der Waals surface area contributed by atoms with Crippen molar-refractivity contribution in [1.82, 2.24) is 9.80 Å². The smallest absolute Gasteiger partial charge is 0.338 e. The van der Waals surface area contributed by atoms with Gasteiger partial charge in [-0.3, -0.25) is 10.1 Å². The third-order valence-corrected chi connectivity index (χ3v) is 4.44. The monoisotopic (exact) mass is 367 g/mol. The fraction of sp³-hybridized carbons (Fsp3) is 0.375. The van der Waals surface area contributed by atoms with E-state index in [1.165, 1.54) is 29.0 Å². The van der Waals surface area contributed by atoms with E-state index in [4.69, 9.17) is 16.3 Å². The zero-order valence-electron chi connectivity index (χ0n) is 14.3. The van der Waals surface area contributed by atoms with E-state index in [0.717, 1.165) is 0 Å². The number of nitro benzene ring substituents is 1. The fourth-order valence-corrected chi connectivity index (χ4v) is 2.95. The van der Waals surface area contributed by atoms with Crippen LogP contribution in [0, 0.1) is 10.1 Å². The number of hydrogen-bond donors (Lipinski definition) is 0. The largest absolute Gasteiger partial charge is 0.463 e. The van der Waals surface area contributed by atoms with Crippen LogP contribution in [-0.4, -0.2) is 47.4 Å². The zero-order chi connectivity index (χ0) is 18.9. The fourth-order valence-electron chi connectivity index (χ4n) is 2.76. The summed E-state index contributed by atoms with van der Waals surface area (Å²) in [6.45, 7) is 3.48. The lowest BCUT2D eigenvalue weighted by molar-refractivity contribution is -0.384. The highest BCUT2D eigenvalue weighted by Gasteiger charge is 2.39. The second-order valence-electron chi connectivity index (χ2n) is 5.54. The van der Waals surface area contributed by atoms with Gasteiger partial charge in [-0.1, -0.05) is 17.7 Å². The Morgan fingerprint density at radius 1 is 1.40 bits per heavy atom. The van der Waals surface area contributed by atoms with E-state index in [1.807, 2.05) is 0 Å². The lowest BCUT2D eigenvalue weighted by Gasteiger charge is -2.39. The number of allylic oxidation sites excluding steroid dienone is 1. The first-order chi connectivity index (χ1) is 11.7. The summed E-state index contributed by atoms with van der Waals surface area (Å²) in [6, 6.07) is 3.06. The number of carbonyl (C=O) groups excluding carboxylic acids is 2. The van der Waals surface area contributed by atoms with Gasteiger partial charge in [-0.25, -0.2) is 9.59 Å². The van der Waals surface area contributed by atoms with Gasteiger partial charge in [0.2, 0.25) is 0 Å². The number of carbonyl (C=O) groups is 2. The summed E-state index contributed by atoms with van der Waals surface area (Å²) < 4.78 is 5.12. The van der Waals surface area contributed by atoms with Crippen molar-refractivity contribution in [3.63, 3.8) is 0 Å². The average Bonchev–Trinajstić information content (AvgIpc) is 2.56. The normalized spacial score (nSPS) is 17.8. The van der Waals surface area contributed by atoms with Crippen LogP contribution >= 0.6 is 11.6 Å². The van der Waals surface area contributed by atoms with E-state index in [-0.39, 0.29) is 28.9 Å². The van der Waals surface area contributed by atoms with Gasteiger partial charge in [0, 0.05) is 25.9 Å². The Hall–Kier alpha value is -2.61. The summed E-state index contributed by atoms with van der Waals surface area (Å²) in [5.41, 5.74) is 0.800. The molecule has 0 saturated carbocycles. The molecule has 134 valence electrons. The molecule has 1 aromatic carbocycles. The molecular weight excluding hydrogens is 350 g/mol. The molecule has 8 nitrogen and oxygen atoms in total. The van der Waals surface area contributed by atoms with Gasteiger partial charge in [0.15, 0.2) is 0 Å². The number of likely N-dealkylation sites (N-methyl/N-ethyl adjacent to an activating group) is 1. The number of halogens is 1. The van der Waals surface area contributed by atoms with Crippen molar-refractivity contribution in [2.45, 2.75) is 19.9 Å². The Morgan fingerprint density at radius 3 is 2.60 bits per heavy atom. The minimum Gasteiger partial charge on any atom is -0.463 e. The Bertz CT molecular complexity index is 777. The average molecular weight is 368 g/mol. The molecule has 0 N–H and O–H groups in total. The highest BCUT2D eigenvalue weighted by molar-refractivity contribution is 6.32. The van der Waals surface area contributed by atoms with Crippen molar-refractivity contribution in [2.24, 2.45) is 0 Å². The Balaban J connectivity index is 2.66. The van der Waals surface area contributed by atoms with Crippen LogP contribution < -0.4 is 0 Å². The zero-order valence-corrected chi connectivity index (χ0v) is 15.0. The molecule has 2 amide bonds. The van der Waals surface area contributed by atoms with Gasteiger partial charge in [0.1, 0.15) is 5.02 Å². The SMILES string of the molecule is CCOC(=O)C1=C(C)N(C)C(=O)N(C)[C@H]1c1ccc(Cl)c([N+](=O)[O-])c1. The summed E-state index contributed by atoms with van der Waals surface area (Å²) in [6.07, 6.45) is 0. The molecule has 1 aliphatic rings. The number of esters is 1. The minimum absolute atomic E-state index is 0.0194. The first kappa shape index (κ1) is 18.7. The van der Waals surface area contributed by atoms with Crippen LogP contribution in [0.25, 0.3) is 0 Å². The molecule has 0 bridgehead atoms. The van der Waals surface area contributed by atoms with Crippen molar-refractivity contribution in [1.29, 1.82) is 0 Å². The van der Waals surface area contributed by atoms with Crippen molar-refractivity contribution in [3.8, 4) is 0 Å². The Morgan fingerprint density at radius 2 is 2.04 bits per heavy atom. The number of urea groups is 1. The van der Waals surface area contributed by atoms with E-state index in [9.17, 15) is 19.7 Å². The Labute approximate surface area is 149 Å². The van der Waals surface area contributed by atoms with Crippen LogP contribution in [0.15, 0.2) is 29.5 Å². The summed E-state index contributed by atoms with van der Waals surface area (Å²) in [5.74, 6) is -0.575. The molecular formula is C16H18ClN3O5. The Kier molecular flexibility index (Phi) is 5.32. The molecule has 1 aliphatic heterocycles. The van der Waals surface area contributed by atoms with Gasteiger partial charge in [-0.2, -0.15) is 0 Å². The van der Waals surface area contributed by atoms with E-state index < -0.39 is 16.9 Å². The molecule has 9 heteroatoms. The van der Waals surface area contributed by atoms with Crippen LogP contribution in [0.5, 0.6) is 0 Å². The van der Waals surface area contributed by atoms with E-state index >= 15 is 0 Å². The maximum Gasteiger partial charge on any atom is 0.338 e. The summed E-state index contributed by atoms with van der Waals surface area (Å²) in [5, 5.41) is 11.1. The molecule has 0 fully saturated rings. The van der Waals surface area contributed by atoms with Gasteiger partial charge in [0.05, 0.1) is 23.1 Å². The number of amides is 2. The quantitative estimate of drug-likeness (QED) is 0.463. The third kappa shape index (κ3) is 3.30. The first-order valence-electron chi connectivity index (χ1n) is 7.52. The second-order valence-corrected chi connectivity index (χ2v) is 5.95. The maximum atomic E-state index is 12.5. The van der Waals surface area contributed by atoms with Crippen molar-refractivity contribution < 1.29 is 19.2 Å². The molecule has 25 heavy (non-hydrogen) atoms. The first-order valence-corrected chi connectivity index (χ1v) is 7.90. The van der Waals surface area contributed by atoms with Crippen LogP contribution in [0.2, 0.25) is 5.02 Å². The molecule has 2 rings (SSSR count). The third-order valence-electron chi connectivity index (χ3n) is 4.12. The molecule has 0 unspecified atom stereocenters. The molecule has 0 aromatic heterocycles. The standard InChI is InChI=1S/C16H18ClN3O5/c1-5-25-15(21)13-9(2)18(3)16(22)19(4)14(13)10-6-7-11(17)12(8-10)20(23)24/h6-8,14H,5H2,1-4H3/t14-/m0/s1. The van der Waals surface area contributed by atoms with Gasteiger partial charge >= 0.3 is 12.0 Å². The predicted octanol–water partition coefficient (Wildman–Crippen LogP) is 3.12. The van der Waals surface area contributed by atoms with Crippen LogP contribution in [0.3, 0.4) is 0 Å². The number of nitro groups is 1. The maximum absolute atomic E-state index is 12.5. The van der Waals surface area contributed by atoms with Gasteiger partial charge in [0.25, 0.3) is 5.69 Å². The van der Waals surface area contributed by atoms with E-state index in [0.29, 0.717) is 11.3 Å². The number of benzene rings is 1. The number of ether oxygens (including phenoxy) is 1. The summed E-state index contributed by atoms with van der Waals surface area (Å²) in [7, 11) is 3.07. The van der Waals surface area contributed by atoms with Gasteiger partial charge in [-0.15, -0.1) is 0 Å². The van der Waals surface area contributed by atoms with Crippen molar-refractivity contribution >= 4 is 29.3 Å². The highest BCUT2D eigenvalue weighted by atomic mass is 35.5. The lowest BCUT2D eigenvalue weighted by Crippen LogP contribution is -2.47. The molecule has 0 aliphatic carbocycles. The van der Waals surface area contributed by atoms with Gasteiger partial charge in [-0.05, 0) is 25.5 Å². The number of rotatable bonds is 4. The molecule has 1 heterocycles. The highest BCUT2D eigenvalue weighted by Crippen LogP contribution is 2.38. The summed E-state index contributed by atoms with van der Waals surface area (Å²) >= 11 is 5.86. The molecule has 0 spiro atoms. The van der Waals surface area contributed by atoms with Crippen LogP contribution in [0.4, 0.5) is 10.5 Å². The topological polar surface area (TPSA) is 93.0 Å². The van der Waals surface area contributed by atoms with Crippen molar-refractivity contribution in [3.05, 3.63) is 50.2 Å². The van der Waals surface area contributed by atoms with Gasteiger partial charge < -0.3 is 14.5 Å². The van der Waals surface area contributed by atoms with Crippen LogP contribution in [-0.2, 0) is 9.53 Å².